The van der Waals surface area contributed by atoms with Gasteiger partial charge in [0.1, 0.15) is 22.9 Å². The van der Waals surface area contributed by atoms with Gasteiger partial charge in [-0.15, -0.1) is 0 Å². The highest BCUT2D eigenvalue weighted by atomic mass is 19.1. The van der Waals surface area contributed by atoms with Crippen LogP contribution in [-0.4, -0.2) is 11.1 Å². The quantitative estimate of drug-likeness (QED) is 0.838. The van der Waals surface area contributed by atoms with Crippen molar-refractivity contribution in [2.45, 2.75) is 13.3 Å². The first kappa shape index (κ1) is 13.9. The fraction of sp³-hybridized carbons (Fsp3) is 0.133. The number of hydrogen-bond donors (Lipinski definition) is 2. The fourth-order valence-electron chi connectivity index (χ4n) is 1.80. The summed E-state index contributed by atoms with van der Waals surface area (Å²) < 4.78 is 18.8. The number of ether oxygens (including phenoxy) is 1. The summed E-state index contributed by atoms with van der Waals surface area (Å²) in [5.74, 6) is -1.63. The normalized spacial score (nSPS) is 10.3. The molecule has 0 radical (unpaired) electrons. The van der Waals surface area contributed by atoms with Crippen molar-refractivity contribution < 1.29 is 19.0 Å². The lowest BCUT2D eigenvalue weighted by molar-refractivity contribution is 0.0695. The monoisotopic (exact) mass is 275 g/mol. The van der Waals surface area contributed by atoms with Gasteiger partial charge in [-0.3, -0.25) is 0 Å². The smallest absolute Gasteiger partial charge is 0.341 e. The number of nitrogens with two attached hydrogens (primary N) is 1. The molecule has 2 aromatic rings. The molecule has 104 valence electrons. The van der Waals surface area contributed by atoms with Gasteiger partial charge in [0.05, 0.1) is 5.69 Å². The molecular formula is C15H14FNO3. The number of aryl methyl sites for hydroxylation is 1. The van der Waals surface area contributed by atoms with Crippen LogP contribution in [-0.2, 0) is 6.42 Å². The molecule has 0 atom stereocenters. The topological polar surface area (TPSA) is 72.5 Å². The van der Waals surface area contributed by atoms with Crippen LogP contribution in [0.25, 0.3) is 0 Å². The molecular weight excluding hydrogens is 261 g/mol. The molecule has 0 aliphatic carbocycles. The summed E-state index contributed by atoms with van der Waals surface area (Å²) in [4.78, 5) is 11.2. The van der Waals surface area contributed by atoms with Gasteiger partial charge < -0.3 is 15.6 Å². The maximum absolute atomic E-state index is 13.3. The zero-order chi connectivity index (χ0) is 14.7. The first-order valence-electron chi connectivity index (χ1n) is 6.11. The van der Waals surface area contributed by atoms with E-state index in [2.05, 4.69) is 0 Å². The van der Waals surface area contributed by atoms with Gasteiger partial charge >= 0.3 is 5.97 Å². The van der Waals surface area contributed by atoms with Gasteiger partial charge in [-0.05, 0) is 36.2 Å². The second-order valence-electron chi connectivity index (χ2n) is 4.24. The predicted molar refractivity (Wildman–Crippen MR) is 73.7 cm³/mol. The Balaban J connectivity index is 2.37. The second-order valence-corrected chi connectivity index (χ2v) is 4.24. The fourth-order valence-corrected chi connectivity index (χ4v) is 1.80. The number of benzene rings is 2. The summed E-state index contributed by atoms with van der Waals surface area (Å²) in [6, 6.07) is 9.54. The van der Waals surface area contributed by atoms with E-state index in [0.717, 1.165) is 18.1 Å². The Morgan fingerprint density at radius 1 is 1.25 bits per heavy atom. The Morgan fingerprint density at radius 3 is 2.45 bits per heavy atom. The van der Waals surface area contributed by atoms with Gasteiger partial charge in [0.2, 0.25) is 0 Å². The number of carboxylic acid groups (broad SMARTS) is 1. The van der Waals surface area contributed by atoms with Gasteiger partial charge in [0.25, 0.3) is 0 Å². The number of hydrogen-bond acceptors (Lipinski definition) is 3. The number of rotatable bonds is 4. The van der Waals surface area contributed by atoms with Crippen LogP contribution in [0.3, 0.4) is 0 Å². The predicted octanol–water partition coefficient (Wildman–Crippen LogP) is 3.46. The molecule has 5 heteroatoms. The Kier molecular flexibility index (Phi) is 3.89. The van der Waals surface area contributed by atoms with Crippen molar-refractivity contribution in [3.63, 3.8) is 0 Å². The van der Waals surface area contributed by atoms with E-state index in [1.165, 1.54) is 6.07 Å². The first-order valence-corrected chi connectivity index (χ1v) is 6.11. The molecule has 2 aromatic carbocycles. The minimum Gasteiger partial charge on any atom is -0.477 e. The van der Waals surface area contributed by atoms with E-state index in [-0.39, 0.29) is 11.3 Å². The van der Waals surface area contributed by atoms with Crippen molar-refractivity contribution in [3.8, 4) is 11.5 Å². The number of nitrogen functional groups attached to an aromatic ring is 1. The van der Waals surface area contributed by atoms with Crippen molar-refractivity contribution in [3.05, 3.63) is 53.3 Å². The first-order chi connectivity index (χ1) is 9.52. The van der Waals surface area contributed by atoms with E-state index >= 15 is 0 Å². The largest absolute Gasteiger partial charge is 0.477 e. The number of aromatic carboxylic acids is 1. The molecule has 0 aliphatic heterocycles. The third-order valence-corrected chi connectivity index (χ3v) is 2.93. The molecule has 2 rings (SSSR count). The zero-order valence-electron chi connectivity index (χ0n) is 10.9. The maximum atomic E-state index is 13.3. The molecule has 0 saturated heterocycles. The number of carbonyl (C=O) groups is 1. The van der Waals surface area contributed by atoms with E-state index in [1.54, 1.807) is 12.1 Å². The highest BCUT2D eigenvalue weighted by Crippen LogP contribution is 2.31. The van der Waals surface area contributed by atoms with E-state index in [4.69, 9.17) is 15.6 Å². The molecule has 0 amide bonds. The van der Waals surface area contributed by atoms with E-state index < -0.39 is 17.5 Å². The second kappa shape index (κ2) is 5.61. The molecule has 0 bridgehead atoms. The summed E-state index contributed by atoms with van der Waals surface area (Å²) >= 11 is 0. The van der Waals surface area contributed by atoms with E-state index in [0.29, 0.717) is 5.75 Å². The molecule has 0 saturated carbocycles. The lowest BCUT2D eigenvalue weighted by Gasteiger charge is -2.11. The van der Waals surface area contributed by atoms with Crippen molar-refractivity contribution in [2.24, 2.45) is 0 Å². The Hall–Kier alpha value is -2.56. The third kappa shape index (κ3) is 2.71. The molecule has 20 heavy (non-hydrogen) atoms. The number of carboxylic acids is 1. The Morgan fingerprint density at radius 2 is 1.90 bits per heavy atom. The van der Waals surface area contributed by atoms with Gasteiger partial charge in [-0.25, -0.2) is 9.18 Å². The average Bonchev–Trinajstić information content (AvgIpc) is 2.43. The highest BCUT2D eigenvalue weighted by molar-refractivity contribution is 5.97. The van der Waals surface area contributed by atoms with Gasteiger partial charge in [-0.1, -0.05) is 19.1 Å². The van der Waals surface area contributed by atoms with Gasteiger partial charge in [0.15, 0.2) is 0 Å². The lowest BCUT2D eigenvalue weighted by Crippen LogP contribution is -2.07. The zero-order valence-corrected chi connectivity index (χ0v) is 10.9. The molecule has 0 fully saturated rings. The number of anilines is 1. The maximum Gasteiger partial charge on any atom is 0.341 e. The van der Waals surface area contributed by atoms with Crippen LogP contribution in [0.15, 0.2) is 36.4 Å². The van der Waals surface area contributed by atoms with Crippen molar-refractivity contribution in [1.82, 2.24) is 0 Å². The van der Waals surface area contributed by atoms with E-state index in [9.17, 15) is 9.18 Å². The minimum atomic E-state index is -1.33. The van der Waals surface area contributed by atoms with Crippen molar-refractivity contribution in [1.29, 1.82) is 0 Å². The van der Waals surface area contributed by atoms with Crippen LogP contribution in [0.5, 0.6) is 11.5 Å². The van der Waals surface area contributed by atoms with Gasteiger partial charge in [0, 0.05) is 0 Å². The molecule has 0 spiro atoms. The molecule has 0 aromatic heterocycles. The molecule has 0 unspecified atom stereocenters. The summed E-state index contributed by atoms with van der Waals surface area (Å²) in [5, 5.41) is 9.10. The minimum absolute atomic E-state index is 0.0145. The standard InChI is InChI=1S/C15H14FNO3/c1-2-9-3-5-10(6-4-9)20-12-8-7-11(16)14(17)13(12)15(18)19/h3-8H,2,17H2,1H3,(H,18,19). The molecule has 0 aliphatic rings. The van der Waals surface area contributed by atoms with Crippen LogP contribution >= 0.6 is 0 Å². The van der Waals surface area contributed by atoms with Gasteiger partial charge in [-0.2, -0.15) is 0 Å². The van der Waals surface area contributed by atoms with Crippen molar-refractivity contribution in [2.75, 3.05) is 5.73 Å². The van der Waals surface area contributed by atoms with Crippen LogP contribution in [0.2, 0.25) is 0 Å². The Labute approximate surface area is 115 Å². The molecule has 4 nitrogen and oxygen atoms in total. The summed E-state index contributed by atoms with van der Waals surface area (Å²) in [6.45, 7) is 2.03. The SMILES string of the molecule is CCc1ccc(Oc2ccc(F)c(N)c2C(=O)O)cc1. The van der Waals surface area contributed by atoms with E-state index in [1.807, 2.05) is 19.1 Å². The van der Waals surface area contributed by atoms with Crippen molar-refractivity contribution >= 4 is 11.7 Å². The van der Waals surface area contributed by atoms with Crippen LogP contribution in [0, 0.1) is 5.82 Å². The third-order valence-electron chi connectivity index (χ3n) is 2.93. The summed E-state index contributed by atoms with van der Waals surface area (Å²) in [5.41, 5.74) is 5.78. The highest BCUT2D eigenvalue weighted by Gasteiger charge is 2.19. The molecule has 3 N–H and O–H groups in total. The lowest BCUT2D eigenvalue weighted by atomic mass is 10.1. The average molecular weight is 275 g/mol. The Bertz CT molecular complexity index is 638. The van der Waals surface area contributed by atoms with Crippen LogP contribution in [0.1, 0.15) is 22.8 Å². The summed E-state index contributed by atoms with van der Waals surface area (Å²) in [6.07, 6.45) is 0.893. The number of halogens is 1. The summed E-state index contributed by atoms with van der Waals surface area (Å²) in [7, 11) is 0. The molecule has 0 heterocycles. The van der Waals surface area contributed by atoms with Crippen LogP contribution in [0.4, 0.5) is 10.1 Å². The van der Waals surface area contributed by atoms with Crippen LogP contribution < -0.4 is 10.5 Å².